The highest BCUT2D eigenvalue weighted by atomic mass is 16.2. The molecule has 0 saturated heterocycles. The number of hydrogen-bond donors (Lipinski definition) is 1. The topological polar surface area (TPSA) is 64.0 Å². The number of carbonyl (C=O) groups is 2. The minimum Gasteiger partial charge on any atom is -0.350 e. The Morgan fingerprint density at radius 1 is 1.15 bits per heavy atom. The fourth-order valence-electron chi connectivity index (χ4n) is 4.61. The number of benzene rings is 1. The Kier molecular flexibility index (Phi) is 6.07. The lowest BCUT2D eigenvalue weighted by atomic mass is 9.92. The lowest BCUT2D eigenvalue weighted by molar-refractivity contribution is -0.115. The lowest BCUT2D eigenvalue weighted by Crippen LogP contribution is -2.29. The van der Waals surface area contributed by atoms with E-state index in [4.69, 9.17) is 0 Å². The molecular weight excluding hydrogens is 410 g/mol. The first kappa shape index (κ1) is 22.7. The molecular formula is C28H31N3O2. The molecule has 5 heteroatoms. The van der Waals surface area contributed by atoms with Crippen LogP contribution in [0.4, 0.5) is 0 Å². The van der Waals surface area contributed by atoms with Crippen LogP contribution in [-0.4, -0.2) is 27.8 Å². The number of carbonyl (C=O) groups excluding carboxylic acids is 2. The van der Waals surface area contributed by atoms with Crippen molar-refractivity contribution in [3.63, 3.8) is 0 Å². The molecule has 0 saturated carbocycles. The summed E-state index contributed by atoms with van der Waals surface area (Å²) >= 11 is 0. The number of Topliss-reactive ketones (excluding diaryl/α,β-unsaturated/α-hetero) is 1. The van der Waals surface area contributed by atoms with E-state index in [9.17, 15) is 9.59 Å². The molecule has 2 heterocycles. The summed E-state index contributed by atoms with van der Waals surface area (Å²) < 4.78 is 2.03. The normalized spacial score (nSPS) is 14.3. The number of aryl methyl sites for hydroxylation is 2. The van der Waals surface area contributed by atoms with Gasteiger partial charge >= 0.3 is 0 Å². The number of allylic oxidation sites excluding steroid dienone is 3. The van der Waals surface area contributed by atoms with Crippen LogP contribution in [0.5, 0.6) is 0 Å². The lowest BCUT2D eigenvalue weighted by Gasteiger charge is -2.17. The molecule has 3 aromatic rings. The quantitative estimate of drug-likeness (QED) is 0.557. The summed E-state index contributed by atoms with van der Waals surface area (Å²) in [6.07, 6.45) is 6.39. The highest BCUT2D eigenvalue weighted by Gasteiger charge is 2.22. The summed E-state index contributed by atoms with van der Waals surface area (Å²) in [7, 11) is 1.98. The van der Waals surface area contributed by atoms with Crippen LogP contribution < -0.4 is 5.32 Å². The van der Waals surface area contributed by atoms with Gasteiger partial charge in [0.15, 0.2) is 5.78 Å². The van der Waals surface area contributed by atoms with Crippen LogP contribution in [0, 0.1) is 6.92 Å². The molecule has 1 N–H and O–H groups in total. The third kappa shape index (κ3) is 4.40. The van der Waals surface area contributed by atoms with Gasteiger partial charge in [0, 0.05) is 54.6 Å². The van der Waals surface area contributed by atoms with Crippen molar-refractivity contribution in [3.05, 3.63) is 76.3 Å². The first-order valence-corrected chi connectivity index (χ1v) is 11.4. The summed E-state index contributed by atoms with van der Waals surface area (Å²) in [6.45, 7) is 10.4. The first-order chi connectivity index (χ1) is 15.7. The summed E-state index contributed by atoms with van der Waals surface area (Å²) in [6, 6.07) is 8.10. The van der Waals surface area contributed by atoms with E-state index in [1.54, 1.807) is 0 Å². The fraction of sp³-hybridized carbons (Fsp3) is 0.321. The molecule has 0 atom stereocenters. The number of amides is 1. The SMILES string of the molecule is CC1=CC(C)=C(CNC(=O)c2cc(-c3ccc(C)nc3)cc3c(C(C)C)cn(C)c23)C(=O)C1. The molecule has 1 aliphatic carbocycles. The Hall–Kier alpha value is -3.47. The largest absolute Gasteiger partial charge is 0.350 e. The number of hydrogen-bond acceptors (Lipinski definition) is 3. The number of rotatable bonds is 5. The van der Waals surface area contributed by atoms with E-state index in [0.717, 1.165) is 38.9 Å². The third-order valence-electron chi connectivity index (χ3n) is 6.36. The highest BCUT2D eigenvalue weighted by molar-refractivity contribution is 6.09. The standard InChI is InChI=1S/C28H31N3O2/c1-16(2)25-15-31(6)27-22(25)11-21(20-8-7-19(5)29-13-20)12-23(27)28(33)30-14-24-18(4)9-17(3)10-26(24)32/h7-9,11-13,15-16H,10,14H2,1-6H3,(H,30,33). The second kappa shape index (κ2) is 8.81. The Morgan fingerprint density at radius 2 is 1.91 bits per heavy atom. The average Bonchev–Trinajstić information content (AvgIpc) is 3.09. The van der Waals surface area contributed by atoms with Gasteiger partial charge in [-0.15, -0.1) is 0 Å². The van der Waals surface area contributed by atoms with Gasteiger partial charge in [-0.2, -0.15) is 0 Å². The summed E-state index contributed by atoms with van der Waals surface area (Å²) in [5.41, 5.74) is 8.23. The molecule has 1 aliphatic rings. The second-order valence-electron chi connectivity index (χ2n) is 9.39. The average molecular weight is 442 g/mol. The van der Waals surface area contributed by atoms with Crippen LogP contribution in [0.15, 0.2) is 59.5 Å². The monoisotopic (exact) mass is 441 g/mol. The van der Waals surface area contributed by atoms with Crippen molar-refractivity contribution in [2.24, 2.45) is 7.05 Å². The maximum Gasteiger partial charge on any atom is 0.253 e. The van der Waals surface area contributed by atoms with Crippen LogP contribution in [0.25, 0.3) is 22.0 Å². The van der Waals surface area contributed by atoms with Crippen LogP contribution in [0.1, 0.15) is 61.6 Å². The molecule has 0 bridgehead atoms. The van der Waals surface area contributed by atoms with Gasteiger partial charge in [-0.1, -0.05) is 31.6 Å². The zero-order valence-electron chi connectivity index (χ0n) is 20.2. The minimum absolute atomic E-state index is 0.0818. The Balaban J connectivity index is 1.78. The summed E-state index contributed by atoms with van der Waals surface area (Å²) in [4.78, 5) is 30.4. The smallest absolute Gasteiger partial charge is 0.253 e. The maximum absolute atomic E-state index is 13.5. The molecule has 4 rings (SSSR count). The van der Waals surface area contributed by atoms with Gasteiger partial charge < -0.3 is 9.88 Å². The summed E-state index contributed by atoms with van der Waals surface area (Å²) in [5.74, 6) is 0.217. The van der Waals surface area contributed by atoms with Crippen LogP contribution in [0.2, 0.25) is 0 Å². The molecule has 170 valence electrons. The molecule has 1 amide bonds. The van der Waals surface area contributed by atoms with Gasteiger partial charge in [0.05, 0.1) is 11.1 Å². The Morgan fingerprint density at radius 3 is 2.55 bits per heavy atom. The van der Waals surface area contributed by atoms with Crippen molar-refractivity contribution < 1.29 is 9.59 Å². The zero-order valence-corrected chi connectivity index (χ0v) is 20.2. The third-order valence-corrected chi connectivity index (χ3v) is 6.36. The van der Waals surface area contributed by atoms with Crippen molar-refractivity contribution >= 4 is 22.6 Å². The Bertz CT molecular complexity index is 1320. The van der Waals surface area contributed by atoms with Gasteiger partial charge in [-0.3, -0.25) is 14.6 Å². The van der Waals surface area contributed by atoms with E-state index in [1.807, 2.05) is 62.9 Å². The molecule has 0 radical (unpaired) electrons. The van der Waals surface area contributed by atoms with Gasteiger partial charge in [0.1, 0.15) is 0 Å². The predicted octanol–water partition coefficient (Wildman–Crippen LogP) is 5.64. The van der Waals surface area contributed by atoms with E-state index in [0.29, 0.717) is 23.5 Å². The van der Waals surface area contributed by atoms with Crippen LogP contribution in [0.3, 0.4) is 0 Å². The van der Waals surface area contributed by atoms with E-state index >= 15 is 0 Å². The van der Waals surface area contributed by atoms with E-state index in [2.05, 4.69) is 36.4 Å². The van der Waals surface area contributed by atoms with Crippen LogP contribution >= 0.6 is 0 Å². The maximum atomic E-state index is 13.5. The number of aromatic nitrogens is 2. The van der Waals surface area contributed by atoms with Crippen molar-refractivity contribution in [3.8, 4) is 11.1 Å². The van der Waals surface area contributed by atoms with Crippen LogP contribution in [-0.2, 0) is 11.8 Å². The number of nitrogens with zero attached hydrogens (tertiary/aromatic N) is 2. The number of nitrogens with one attached hydrogen (secondary N) is 1. The second-order valence-corrected chi connectivity index (χ2v) is 9.39. The van der Waals surface area contributed by atoms with E-state index < -0.39 is 0 Å². The molecule has 0 unspecified atom stereocenters. The number of ketones is 1. The Labute approximate surface area is 195 Å². The summed E-state index contributed by atoms with van der Waals surface area (Å²) in [5, 5.41) is 4.08. The molecule has 2 aromatic heterocycles. The first-order valence-electron chi connectivity index (χ1n) is 11.4. The molecule has 0 aliphatic heterocycles. The van der Waals surface area contributed by atoms with Gasteiger partial charge in [0.2, 0.25) is 0 Å². The van der Waals surface area contributed by atoms with Gasteiger partial charge in [-0.25, -0.2) is 0 Å². The molecule has 1 aromatic carbocycles. The van der Waals surface area contributed by atoms with Crippen molar-refractivity contribution in [2.45, 2.75) is 47.0 Å². The van der Waals surface area contributed by atoms with E-state index in [-0.39, 0.29) is 18.2 Å². The van der Waals surface area contributed by atoms with Crippen molar-refractivity contribution in [1.82, 2.24) is 14.9 Å². The number of pyridine rings is 1. The predicted molar refractivity (Wildman–Crippen MR) is 133 cm³/mol. The zero-order chi connectivity index (χ0) is 23.9. The number of fused-ring (bicyclic) bond motifs is 1. The molecule has 33 heavy (non-hydrogen) atoms. The van der Waals surface area contributed by atoms with Gasteiger partial charge in [-0.05, 0) is 61.6 Å². The van der Waals surface area contributed by atoms with Crippen molar-refractivity contribution in [2.75, 3.05) is 6.54 Å². The van der Waals surface area contributed by atoms with E-state index in [1.165, 1.54) is 5.56 Å². The molecule has 0 fully saturated rings. The van der Waals surface area contributed by atoms with Gasteiger partial charge in [0.25, 0.3) is 5.91 Å². The van der Waals surface area contributed by atoms with Crippen molar-refractivity contribution in [1.29, 1.82) is 0 Å². The highest BCUT2D eigenvalue weighted by Crippen LogP contribution is 2.34. The fourth-order valence-corrected chi connectivity index (χ4v) is 4.61. The molecule has 0 spiro atoms. The minimum atomic E-state index is -0.183. The molecule has 5 nitrogen and oxygen atoms in total.